The van der Waals surface area contributed by atoms with Crippen molar-refractivity contribution in [1.29, 1.82) is 0 Å². The molecule has 2 atom stereocenters. The molecule has 0 aliphatic carbocycles. The summed E-state index contributed by atoms with van der Waals surface area (Å²) in [6.45, 7) is 9.61. The van der Waals surface area contributed by atoms with Crippen molar-refractivity contribution in [3.05, 3.63) is 40.9 Å². The summed E-state index contributed by atoms with van der Waals surface area (Å²) >= 11 is 1.52. The second-order valence-electron chi connectivity index (χ2n) is 6.78. The number of rotatable bonds is 3. The van der Waals surface area contributed by atoms with Crippen molar-refractivity contribution in [3.63, 3.8) is 0 Å². The van der Waals surface area contributed by atoms with Gasteiger partial charge in [-0.15, -0.1) is 11.3 Å². The maximum Gasteiger partial charge on any atom is 0.273 e. The Morgan fingerprint density at radius 2 is 1.83 bits per heavy atom. The van der Waals surface area contributed by atoms with Crippen LogP contribution < -0.4 is 0 Å². The van der Waals surface area contributed by atoms with Gasteiger partial charge in [-0.05, 0) is 25.3 Å². The Bertz CT molecular complexity index is 698. The van der Waals surface area contributed by atoms with Crippen molar-refractivity contribution in [2.45, 2.75) is 45.8 Å². The predicted molar refractivity (Wildman–Crippen MR) is 97.6 cm³/mol. The molecule has 1 fully saturated rings. The fourth-order valence-corrected chi connectivity index (χ4v) is 3.82. The average molecular weight is 344 g/mol. The van der Waals surface area contributed by atoms with E-state index in [4.69, 9.17) is 4.74 Å². The molecule has 1 aliphatic heterocycles. The lowest BCUT2D eigenvalue weighted by atomic mass is 10.0. The van der Waals surface area contributed by atoms with E-state index in [1.807, 2.05) is 24.1 Å². The zero-order chi connectivity index (χ0) is 17.3. The molecule has 0 saturated carbocycles. The van der Waals surface area contributed by atoms with E-state index in [2.05, 4.69) is 43.1 Å². The number of carbonyl (C=O) groups is 1. The second kappa shape index (κ2) is 7.03. The molecule has 0 N–H and O–H groups in total. The van der Waals surface area contributed by atoms with E-state index in [0.717, 1.165) is 10.6 Å². The van der Waals surface area contributed by atoms with Crippen molar-refractivity contribution >= 4 is 17.2 Å². The fraction of sp³-hybridized carbons (Fsp3) is 0.474. The van der Waals surface area contributed by atoms with Gasteiger partial charge in [0.15, 0.2) is 0 Å². The van der Waals surface area contributed by atoms with Crippen LogP contribution >= 0.6 is 11.3 Å². The summed E-state index contributed by atoms with van der Waals surface area (Å²) in [6.07, 6.45) is 0.138. The largest absolute Gasteiger partial charge is 0.372 e. The first kappa shape index (κ1) is 17.1. The highest BCUT2D eigenvalue weighted by Gasteiger charge is 2.27. The minimum absolute atomic E-state index is 0.00157. The number of amides is 1. The van der Waals surface area contributed by atoms with Crippen molar-refractivity contribution in [2.24, 2.45) is 0 Å². The van der Waals surface area contributed by atoms with Gasteiger partial charge in [0.25, 0.3) is 5.91 Å². The highest BCUT2D eigenvalue weighted by molar-refractivity contribution is 7.13. The molecule has 2 heterocycles. The summed E-state index contributed by atoms with van der Waals surface area (Å²) in [5.74, 6) is 0.510. The van der Waals surface area contributed by atoms with Gasteiger partial charge < -0.3 is 9.64 Å². The third-order valence-electron chi connectivity index (χ3n) is 4.25. The molecule has 1 saturated heterocycles. The first-order chi connectivity index (χ1) is 11.4. The average Bonchev–Trinajstić information content (AvgIpc) is 3.03. The minimum Gasteiger partial charge on any atom is -0.372 e. The number of hydrogen-bond acceptors (Lipinski definition) is 4. The molecular formula is C19H24N2O2S. The molecular weight excluding hydrogens is 320 g/mol. The number of aromatic nitrogens is 1. The fourth-order valence-electron chi connectivity index (χ4n) is 3.02. The molecule has 1 aliphatic rings. The molecule has 24 heavy (non-hydrogen) atoms. The highest BCUT2D eigenvalue weighted by Crippen LogP contribution is 2.26. The summed E-state index contributed by atoms with van der Waals surface area (Å²) in [6, 6.07) is 8.44. The molecule has 5 heteroatoms. The van der Waals surface area contributed by atoms with Gasteiger partial charge in [-0.1, -0.05) is 38.1 Å². The predicted octanol–water partition coefficient (Wildman–Crippen LogP) is 4.18. The first-order valence-electron chi connectivity index (χ1n) is 8.44. The van der Waals surface area contributed by atoms with Gasteiger partial charge in [-0.3, -0.25) is 4.79 Å². The quantitative estimate of drug-likeness (QED) is 0.839. The van der Waals surface area contributed by atoms with Crippen LogP contribution in [0.15, 0.2) is 29.6 Å². The normalized spacial score (nSPS) is 21.3. The van der Waals surface area contributed by atoms with E-state index >= 15 is 0 Å². The Labute approximate surface area is 147 Å². The van der Waals surface area contributed by atoms with Crippen molar-refractivity contribution in [3.8, 4) is 10.6 Å². The third-order valence-corrected chi connectivity index (χ3v) is 5.15. The van der Waals surface area contributed by atoms with E-state index in [-0.39, 0.29) is 18.1 Å². The standard InChI is InChI=1S/C19H24N2O2S/c1-12(2)15-5-7-16(8-6-15)18-20-17(11-24-18)19(22)21-9-13(3)23-14(4)10-21/h5-8,11-14H,9-10H2,1-4H3/t13-,14+. The topological polar surface area (TPSA) is 42.4 Å². The number of morpholine rings is 1. The van der Waals surface area contributed by atoms with Crippen LogP contribution in [0.25, 0.3) is 10.6 Å². The van der Waals surface area contributed by atoms with Gasteiger partial charge in [-0.25, -0.2) is 4.98 Å². The molecule has 0 radical (unpaired) electrons. The minimum atomic E-state index is -0.00157. The van der Waals surface area contributed by atoms with Crippen LogP contribution in [0.4, 0.5) is 0 Å². The Morgan fingerprint density at radius 1 is 1.21 bits per heavy atom. The third kappa shape index (κ3) is 3.68. The van der Waals surface area contributed by atoms with Gasteiger partial charge in [0.05, 0.1) is 12.2 Å². The van der Waals surface area contributed by atoms with E-state index in [0.29, 0.717) is 24.7 Å². The number of benzene rings is 1. The van der Waals surface area contributed by atoms with Gasteiger partial charge in [0.1, 0.15) is 10.7 Å². The molecule has 128 valence electrons. The molecule has 4 nitrogen and oxygen atoms in total. The molecule has 0 bridgehead atoms. The zero-order valence-electron chi connectivity index (χ0n) is 14.7. The highest BCUT2D eigenvalue weighted by atomic mass is 32.1. The van der Waals surface area contributed by atoms with Crippen molar-refractivity contribution < 1.29 is 9.53 Å². The van der Waals surface area contributed by atoms with Crippen LogP contribution in [0.2, 0.25) is 0 Å². The molecule has 1 aromatic carbocycles. The Morgan fingerprint density at radius 3 is 2.42 bits per heavy atom. The van der Waals surface area contributed by atoms with Gasteiger partial charge >= 0.3 is 0 Å². The molecule has 3 rings (SSSR count). The number of carbonyl (C=O) groups excluding carboxylic acids is 1. The van der Waals surface area contributed by atoms with Crippen molar-refractivity contribution in [2.75, 3.05) is 13.1 Å². The molecule has 1 amide bonds. The van der Waals surface area contributed by atoms with Crippen LogP contribution in [0, 0.1) is 0 Å². The van der Waals surface area contributed by atoms with Crippen LogP contribution in [0.5, 0.6) is 0 Å². The maximum atomic E-state index is 12.7. The Kier molecular flexibility index (Phi) is 5.01. The van der Waals surface area contributed by atoms with E-state index in [9.17, 15) is 4.79 Å². The summed E-state index contributed by atoms with van der Waals surface area (Å²) in [5.41, 5.74) is 2.90. The first-order valence-corrected chi connectivity index (χ1v) is 9.32. The monoisotopic (exact) mass is 344 g/mol. The number of hydrogen-bond donors (Lipinski definition) is 0. The summed E-state index contributed by atoms with van der Waals surface area (Å²) in [5, 5.41) is 2.75. The van der Waals surface area contributed by atoms with Crippen LogP contribution in [-0.2, 0) is 4.74 Å². The van der Waals surface area contributed by atoms with Gasteiger partial charge in [-0.2, -0.15) is 0 Å². The van der Waals surface area contributed by atoms with E-state index in [1.54, 1.807) is 0 Å². The zero-order valence-corrected chi connectivity index (χ0v) is 15.5. The number of nitrogens with zero attached hydrogens (tertiary/aromatic N) is 2. The lowest BCUT2D eigenvalue weighted by Crippen LogP contribution is -2.48. The lowest BCUT2D eigenvalue weighted by molar-refractivity contribution is -0.0587. The Balaban J connectivity index is 1.76. The molecule has 0 unspecified atom stereocenters. The van der Waals surface area contributed by atoms with Crippen LogP contribution in [-0.4, -0.2) is 41.1 Å². The molecule has 2 aromatic rings. The number of thiazole rings is 1. The summed E-state index contributed by atoms with van der Waals surface area (Å²) < 4.78 is 5.70. The smallest absolute Gasteiger partial charge is 0.273 e. The SMILES string of the molecule is CC(C)c1ccc(-c2nc(C(=O)N3C[C@@H](C)O[C@@H](C)C3)cs2)cc1. The number of ether oxygens (including phenoxy) is 1. The van der Waals surface area contributed by atoms with Crippen molar-refractivity contribution in [1.82, 2.24) is 9.88 Å². The van der Waals surface area contributed by atoms with Crippen LogP contribution in [0.3, 0.4) is 0 Å². The maximum absolute atomic E-state index is 12.7. The second-order valence-corrected chi connectivity index (χ2v) is 7.64. The lowest BCUT2D eigenvalue weighted by Gasteiger charge is -2.34. The molecule has 1 aromatic heterocycles. The Hall–Kier alpha value is -1.72. The van der Waals surface area contributed by atoms with E-state index in [1.165, 1.54) is 16.9 Å². The van der Waals surface area contributed by atoms with Gasteiger partial charge in [0.2, 0.25) is 0 Å². The summed E-state index contributed by atoms with van der Waals surface area (Å²) in [7, 11) is 0. The van der Waals surface area contributed by atoms with E-state index < -0.39 is 0 Å². The van der Waals surface area contributed by atoms with Gasteiger partial charge in [0, 0.05) is 24.0 Å². The molecule has 0 spiro atoms. The van der Waals surface area contributed by atoms with Crippen LogP contribution in [0.1, 0.15) is 49.7 Å². The summed E-state index contributed by atoms with van der Waals surface area (Å²) in [4.78, 5) is 19.1.